The summed E-state index contributed by atoms with van der Waals surface area (Å²) in [5.74, 6) is 0. The molecule has 45 heavy (non-hydrogen) atoms. The molecule has 0 N–H and O–H groups in total. The number of hydrogen-bond acceptors (Lipinski definition) is 2. The highest BCUT2D eigenvalue weighted by atomic mass is 16.3. The zero-order valence-corrected chi connectivity index (χ0v) is 25.8. The molecule has 7 aromatic rings. The van der Waals surface area contributed by atoms with Crippen LogP contribution in [-0.4, -0.2) is 0 Å². The summed E-state index contributed by atoms with van der Waals surface area (Å²) < 4.78 is 6.43. The van der Waals surface area contributed by atoms with Crippen LogP contribution in [0.25, 0.3) is 44.2 Å². The number of para-hydroxylation sites is 2. The van der Waals surface area contributed by atoms with Crippen LogP contribution in [0.2, 0.25) is 0 Å². The molecule has 2 aliphatic rings. The fourth-order valence-electron chi connectivity index (χ4n) is 8.03. The average molecular weight is 582 g/mol. The van der Waals surface area contributed by atoms with Crippen LogP contribution in [0.1, 0.15) is 48.9 Å². The minimum atomic E-state index is -0.111. The molecule has 2 heteroatoms. The van der Waals surface area contributed by atoms with Crippen LogP contribution in [0.3, 0.4) is 0 Å². The molecule has 1 heterocycles. The van der Waals surface area contributed by atoms with E-state index < -0.39 is 0 Å². The summed E-state index contributed by atoms with van der Waals surface area (Å²) in [7, 11) is 0. The number of rotatable bonds is 4. The van der Waals surface area contributed by atoms with Crippen molar-refractivity contribution < 1.29 is 4.42 Å². The van der Waals surface area contributed by atoms with Crippen LogP contribution in [0.15, 0.2) is 132 Å². The third-order valence-corrected chi connectivity index (χ3v) is 10.3. The van der Waals surface area contributed by atoms with Crippen LogP contribution in [0.4, 0.5) is 17.1 Å². The highest BCUT2D eigenvalue weighted by Crippen LogP contribution is 2.54. The van der Waals surface area contributed by atoms with E-state index in [2.05, 4.69) is 140 Å². The largest absolute Gasteiger partial charge is 0.456 e. The minimum absolute atomic E-state index is 0.111. The number of hydrogen-bond donors (Lipinski definition) is 0. The zero-order chi connectivity index (χ0) is 30.1. The van der Waals surface area contributed by atoms with E-state index in [0.29, 0.717) is 0 Å². The lowest BCUT2D eigenvalue weighted by Gasteiger charge is -2.31. The first-order valence-electron chi connectivity index (χ1n) is 16.2. The van der Waals surface area contributed by atoms with Crippen molar-refractivity contribution in [2.24, 2.45) is 0 Å². The second-order valence-corrected chi connectivity index (χ2v) is 13.2. The third-order valence-electron chi connectivity index (χ3n) is 10.3. The molecule has 0 saturated carbocycles. The first-order valence-corrected chi connectivity index (χ1v) is 16.2. The molecular formula is C43H35NO. The quantitative estimate of drug-likeness (QED) is 0.206. The maximum absolute atomic E-state index is 6.43. The van der Waals surface area contributed by atoms with E-state index in [4.69, 9.17) is 4.42 Å². The maximum Gasteiger partial charge on any atom is 0.137 e. The summed E-state index contributed by atoms with van der Waals surface area (Å²) in [6.45, 7) is 4.75. The lowest BCUT2D eigenvalue weighted by Crippen LogP contribution is -2.17. The van der Waals surface area contributed by atoms with E-state index in [1.165, 1.54) is 63.0 Å². The second-order valence-electron chi connectivity index (χ2n) is 13.2. The summed E-state index contributed by atoms with van der Waals surface area (Å²) in [5, 5.41) is 2.30. The molecular weight excluding hydrogens is 546 g/mol. The van der Waals surface area contributed by atoms with Gasteiger partial charge in [0.25, 0.3) is 0 Å². The Morgan fingerprint density at radius 2 is 1.29 bits per heavy atom. The molecule has 0 spiro atoms. The van der Waals surface area contributed by atoms with Gasteiger partial charge in [0, 0.05) is 39.2 Å². The van der Waals surface area contributed by atoms with Crippen molar-refractivity contribution in [3.8, 4) is 22.3 Å². The number of furan rings is 1. The fraction of sp³-hybridized carbons (Fsp3) is 0.163. The van der Waals surface area contributed by atoms with Crippen molar-refractivity contribution in [3.63, 3.8) is 0 Å². The zero-order valence-electron chi connectivity index (χ0n) is 25.8. The molecule has 9 rings (SSSR count). The number of aryl methyl sites for hydroxylation is 1. The summed E-state index contributed by atoms with van der Waals surface area (Å²) in [6.07, 6.45) is 4.79. The molecule has 0 amide bonds. The van der Waals surface area contributed by atoms with Gasteiger partial charge in [-0.1, -0.05) is 92.7 Å². The first-order chi connectivity index (χ1) is 22.1. The van der Waals surface area contributed by atoms with Gasteiger partial charge in [-0.3, -0.25) is 0 Å². The molecule has 2 aliphatic carbocycles. The Morgan fingerprint density at radius 3 is 2.20 bits per heavy atom. The minimum Gasteiger partial charge on any atom is -0.456 e. The van der Waals surface area contributed by atoms with E-state index in [0.717, 1.165) is 46.2 Å². The average Bonchev–Trinajstić information content (AvgIpc) is 3.56. The van der Waals surface area contributed by atoms with Crippen molar-refractivity contribution >= 4 is 39.0 Å². The molecule has 218 valence electrons. The number of benzene rings is 6. The molecule has 1 aromatic heterocycles. The van der Waals surface area contributed by atoms with Crippen molar-refractivity contribution in [1.82, 2.24) is 0 Å². The van der Waals surface area contributed by atoms with Gasteiger partial charge >= 0.3 is 0 Å². The summed E-state index contributed by atoms with van der Waals surface area (Å²) >= 11 is 0. The van der Waals surface area contributed by atoms with Crippen LogP contribution in [-0.2, 0) is 18.3 Å². The lowest BCUT2D eigenvalue weighted by atomic mass is 9.80. The molecule has 0 atom stereocenters. The Hall–Kier alpha value is -5.08. The Balaban J connectivity index is 1.36. The van der Waals surface area contributed by atoms with Crippen LogP contribution >= 0.6 is 0 Å². The molecule has 0 unspecified atom stereocenters. The smallest absolute Gasteiger partial charge is 0.137 e. The van der Waals surface area contributed by atoms with Gasteiger partial charge in [-0.15, -0.1) is 0 Å². The predicted octanol–water partition coefficient (Wildman–Crippen LogP) is 11.9. The Morgan fingerprint density at radius 1 is 0.533 bits per heavy atom. The Labute approximate surface area is 264 Å². The standard InChI is InChI=1S/C43H35NO/c1-43(2)38-21-10-8-18-33(38)36-26-37(32-20-12-14-28-13-6-7-17-31(28)32)40(27-39(36)43)44(29-15-4-3-5-16-29)30-23-24-35-34-19-9-11-22-41(34)45-42(35)25-30/h3-5,8-12,14-16,18-27H,6-7,13,17H2,1-2H3. The van der Waals surface area contributed by atoms with Gasteiger partial charge in [0.2, 0.25) is 0 Å². The van der Waals surface area contributed by atoms with Gasteiger partial charge in [-0.05, 0) is 107 Å². The number of fused-ring (bicyclic) bond motifs is 7. The van der Waals surface area contributed by atoms with E-state index in [-0.39, 0.29) is 5.41 Å². The van der Waals surface area contributed by atoms with Gasteiger partial charge in [-0.25, -0.2) is 0 Å². The fourth-order valence-corrected chi connectivity index (χ4v) is 8.03. The molecule has 6 aromatic carbocycles. The normalized spacial score (nSPS) is 14.7. The summed E-state index contributed by atoms with van der Waals surface area (Å²) in [4.78, 5) is 2.45. The number of anilines is 3. The summed E-state index contributed by atoms with van der Waals surface area (Å²) in [6, 6.07) is 46.8. The third kappa shape index (κ3) is 4.02. The summed E-state index contributed by atoms with van der Waals surface area (Å²) in [5.41, 5.74) is 16.3. The van der Waals surface area contributed by atoms with Crippen LogP contribution in [0, 0.1) is 0 Å². The van der Waals surface area contributed by atoms with Crippen molar-refractivity contribution in [2.45, 2.75) is 44.9 Å². The topological polar surface area (TPSA) is 16.4 Å². The maximum atomic E-state index is 6.43. The second kappa shape index (κ2) is 9.97. The monoisotopic (exact) mass is 581 g/mol. The van der Waals surface area contributed by atoms with Gasteiger partial charge in [0.1, 0.15) is 11.2 Å². The van der Waals surface area contributed by atoms with Crippen molar-refractivity contribution in [3.05, 3.63) is 150 Å². The molecule has 0 saturated heterocycles. The van der Waals surface area contributed by atoms with Crippen molar-refractivity contribution in [1.29, 1.82) is 0 Å². The van der Waals surface area contributed by atoms with Gasteiger partial charge in [0.05, 0.1) is 5.69 Å². The van der Waals surface area contributed by atoms with Crippen molar-refractivity contribution in [2.75, 3.05) is 4.90 Å². The van der Waals surface area contributed by atoms with E-state index >= 15 is 0 Å². The highest BCUT2D eigenvalue weighted by molar-refractivity contribution is 6.06. The molecule has 0 bridgehead atoms. The Bertz CT molecular complexity index is 2250. The lowest BCUT2D eigenvalue weighted by molar-refractivity contribution is 0.660. The molecule has 0 radical (unpaired) electrons. The van der Waals surface area contributed by atoms with Crippen LogP contribution in [0.5, 0.6) is 0 Å². The van der Waals surface area contributed by atoms with Gasteiger partial charge in [-0.2, -0.15) is 0 Å². The predicted molar refractivity (Wildman–Crippen MR) is 188 cm³/mol. The Kier molecular flexibility index (Phi) is 5.83. The van der Waals surface area contributed by atoms with Crippen LogP contribution < -0.4 is 4.90 Å². The van der Waals surface area contributed by atoms with E-state index in [1.54, 1.807) is 0 Å². The van der Waals surface area contributed by atoms with E-state index in [9.17, 15) is 0 Å². The molecule has 2 nitrogen and oxygen atoms in total. The molecule has 0 fully saturated rings. The van der Waals surface area contributed by atoms with Gasteiger partial charge in [0.15, 0.2) is 0 Å². The van der Waals surface area contributed by atoms with Gasteiger partial charge < -0.3 is 9.32 Å². The number of nitrogens with zero attached hydrogens (tertiary/aromatic N) is 1. The molecule has 0 aliphatic heterocycles. The van der Waals surface area contributed by atoms with E-state index in [1.807, 2.05) is 6.07 Å². The SMILES string of the molecule is CC1(C)c2ccccc2-c2cc(-c3cccc4c3CCCC4)c(N(c3ccccc3)c3ccc4c(c3)oc3ccccc34)cc21. The highest BCUT2D eigenvalue weighted by Gasteiger charge is 2.37. The first kappa shape index (κ1) is 26.3.